The van der Waals surface area contributed by atoms with Crippen LogP contribution in [0.1, 0.15) is 30.9 Å². The van der Waals surface area contributed by atoms with Gasteiger partial charge in [0, 0.05) is 37.6 Å². The van der Waals surface area contributed by atoms with E-state index in [-0.39, 0.29) is 12.6 Å². The highest BCUT2D eigenvalue weighted by Gasteiger charge is 2.03. The highest BCUT2D eigenvalue weighted by Crippen LogP contribution is 2.09. The number of aliphatic hydroxyl groups is 1. The Hall–Kier alpha value is -2.67. The van der Waals surface area contributed by atoms with E-state index in [9.17, 15) is 4.79 Å². The van der Waals surface area contributed by atoms with Crippen molar-refractivity contribution >= 4 is 5.97 Å². The molecule has 0 spiro atoms. The summed E-state index contributed by atoms with van der Waals surface area (Å²) in [6.45, 7) is 2.46. The number of esters is 1. The number of hydrogen-bond acceptors (Lipinski definition) is 7. The van der Waals surface area contributed by atoms with Gasteiger partial charge >= 0.3 is 5.97 Å². The van der Waals surface area contributed by atoms with Crippen LogP contribution in [0.5, 0.6) is 11.8 Å². The van der Waals surface area contributed by atoms with Crippen LogP contribution in [0.15, 0.2) is 36.7 Å². The van der Waals surface area contributed by atoms with Gasteiger partial charge < -0.3 is 19.3 Å². The van der Waals surface area contributed by atoms with E-state index in [2.05, 4.69) is 9.97 Å². The number of aromatic nitrogens is 2. The van der Waals surface area contributed by atoms with Gasteiger partial charge in [0.05, 0.1) is 20.8 Å². The minimum atomic E-state index is -0.173. The Bertz CT molecular complexity index is 644. The number of pyridine rings is 2. The van der Waals surface area contributed by atoms with Crippen LogP contribution in [0, 0.1) is 0 Å². The van der Waals surface area contributed by atoms with Gasteiger partial charge in [0.1, 0.15) is 0 Å². The van der Waals surface area contributed by atoms with Crippen molar-refractivity contribution in [2.24, 2.45) is 0 Å². The molecule has 2 aromatic heterocycles. The molecular formula is C20H28N2O5. The summed E-state index contributed by atoms with van der Waals surface area (Å²) in [5.74, 6) is 1.03. The number of hydrogen-bond donors (Lipinski definition) is 1. The molecule has 2 aromatic rings. The standard InChI is InChI=1S/C11H15NO3.C9H13NO2/c1-3-15-11(13)7-5-9-4-6-10(14-2)12-8-9;1-12-9-5-4-8(7-10-9)3-2-6-11/h4,6,8H,3,5,7H2,1-2H3;4-5,7,11H,2-3,6H2,1H3. The van der Waals surface area contributed by atoms with Gasteiger partial charge in [-0.05, 0) is 37.3 Å². The van der Waals surface area contributed by atoms with Crippen molar-refractivity contribution in [2.45, 2.75) is 32.6 Å². The number of aryl methyl sites for hydroxylation is 2. The third-order valence-corrected chi connectivity index (χ3v) is 3.56. The monoisotopic (exact) mass is 376 g/mol. The predicted octanol–water partition coefficient (Wildman–Crippen LogP) is 2.60. The predicted molar refractivity (Wildman–Crippen MR) is 102 cm³/mol. The average molecular weight is 376 g/mol. The third kappa shape index (κ3) is 9.55. The Morgan fingerprint density at radius 2 is 1.52 bits per heavy atom. The van der Waals surface area contributed by atoms with E-state index >= 15 is 0 Å². The van der Waals surface area contributed by atoms with Crippen LogP contribution in [0.4, 0.5) is 0 Å². The summed E-state index contributed by atoms with van der Waals surface area (Å²) in [7, 11) is 3.16. The molecule has 0 radical (unpaired) electrons. The van der Waals surface area contributed by atoms with Gasteiger partial charge in [-0.25, -0.2) is 9.97 Å². The maximum Gasteiger partial charge on any atom is 0.306 e. The van der Waals surface area contributed by atoms with Crippen LogP contribution in [0.2, 0.25) is 0 Å². The Morgan fingerprint density at radius 1 is 0.963 bits per heavy atom. The second-order valence-corrected chi connectivity index (χ2v) is 5.55. The van der Waals surface area contributed by atoms with Gasteiger partial charge in [0.15, 0.2) is 0 Å². The molecule has 7 heteroatoms. The van der Waals surface area contributed by atoms with Crippen molar-refractivity contribution in [1.82, 2.24) is 9.97 Å². The van der Waals surface area contributed by atoms with E-state index in [4.69, 9.17) is 19.3 Å². The van der Waals surface area contributed by atoms with E-state index < -0.39 is 0 Å². The van der Waals surface area contributed by atoms with E-state index in [0.29, 0.717) is 31.2 Å². The molecule has 0 fully saturated rings. The molecule has 0 saturated heterocycles. The molecular weight excluding hydrogens is 348 g/mol. The number of methoxy groups -OCH3 is 2. The van der Waals surface area contributed by atoms with E-state index in [1.165, 1.54) is 0 Å². The van der Waals surface area contributed by atoms with Crippen LogP contribution < -0.4 is 9.47 Å². The van der Waals surface area contributed by atoms with Gasteiger partial charge in [-0.1, -0.05) is 12.1 Å². The van der Waals surface area contributed by atoms with Crippen molar-refractivity contribution in [1.29, 1.82) is 0 Å². The SMILES string of the molecule is CCOC(=O)CCc1ccc(OC)nc1.COc1ccc(CCCO)cn1. The fraction of sp³-hybridized carbons (Fsp3) is 0.450. The number of carbonyl (C=O) groups is 1. The lowest BCUT2D eigenvalue weighted by molar-refractivity contribution is -0.143. The summed E-state index contributed by atoms with van der Waals surface area (Å²) in [5, 5.41) is 8.58. The van der Waals surface area contributed by atoms with Crippen LogP contribution in [0.3, 0.4) is 0 Å². The molecule has 2 heterocycles. The van der Waals surface area contributed by atoms with Crippen LogP contribution in [0.25, 0.3) is 0 Å². The zero-order valence-electron chi connectivity index (χ0n) is 16.2. The summed E-state index contributed by atoms with van der Waals surface area (Å²) in [4.78, 5) is 19.2. The number of nitrogens with zero attached hydrogens (tertiary/aromatic N) is 2. The molecule has 2 rings (SSSR count). The lowest BCUT2D eigenvalue weighted by Crippen LogP contribution is -2.05. The summed E-state index contributed by atoms with van der Waals surface area (Å²) >= 11 is 0. The fourth-order valence-electron chi connectivity index (χ4n) is 2.12. The van der Waals surface area contributed by atoms with Crippen LogP contribution in [-0.4, -0.2) is 48.5 Å². The van der Waals surface area contributed by atoms with Crippen molar-refractivity contribution in [2.75, 3.05) is 27.4 Å². The van der Waals surface area contributed by atoms with Gasteiger partial charge in [0.2, 0.25) is 11.8 Å². The largest absolute Gasteiger partial charge is 0.481 e. The normalized spacial score (nSPS) is 9.78. The Kier molecular flexibility index (Phi) is 11.2. The Balaban J connectivity index is 0.000000277. The molecule has 1 N–H and O–H groups in total. The number of rotatable bonds is 9. The number of carbonyl (C=O) groups excluding carboxylic acids is 1. The molecule has 0 aromatic carbocycles. The molecule has 0 amide bonds. The molecule has 0 atom stereocenters. The molecule has 7 nitrogen and oxygen atoms in total. The first kappa shape index (κ1) is 22.4. The highest BCUT2D eigenvalue weighted by atomic mass is 16.5. The maximum atomic E-state index is 11.1. The van der Waals surface area contributed by atoms with Gasteiger partial charge in [-0.3, -0.25) is 4.79 Å². The lowest BCUT2D eigenvalue weighted by atomic mass is 10.1. The highest BCUT2D eigenvalue weighted by molar-refractivity contribution is 5.69. The second kappa shape index (κ2) is 13.5. The zero-order valence-corrected chi connectivity index (χ0v) is 16.2. The van der Waals surface area contributed by atoms with Crippen LogP contribution in [-0.2, 0) is 22.4 Å². The molecule has 0 aliphatic heterocycles. The first-order valence-electron chi connectivity index (χ1n) is 8.87. The molecule has 0 aliphatic carbocycles. The summed E-state index contributed by atoms with van der Waals surface area (Å²) in [6.07, 6.45) is 6.17. The topological polar surface area (TPSA) is 90.8 Å². The number of aliphatic hydroxyl groups excluding tert-OH is 1. The molecule has 0 saturated carbocycles. The first-order chi connectivity index (χ1) is 13.1. The van der Waals surface area contributed by atoms with E-state index in [0.717, 1.165) is 24.0 Å². The Labute approximate surface area is 160 Å². The molecule has 0 unspecified atom stereocenters. The van der Waals surface area contributed by atoms with Gasteiger partial charge in [-0.15, -0.1) is 0 Å². The number of ether oxygens (including phenoxy) is 3. The summed E-state index contributed by atoms with van der Waals surface area (Å²) in [5.41, 5.74) is 2.13. The second-order valence-electron chi connectivity index (χ2n) is 5.55. The fourth-order valence-corrected chi connectivity index (χ4v) is 2.12. The van der Waals surface area contributed by atoms with E-state index in [1.54, 1.807) is 39.6 Å². The quantitative estimate of drug-likeness (QED) is 0.673. The minimum absolute atomic E-state index is 0.173. The molecule has 148 valence electrons. The maximum absolute atomic E-state index is 11.1. The zero-order chi connectivity index (χ0) is 19.9. The van der Waals surface area contributed by atoms with Crippen molar-refractivity contribution in [3.05, 3.63) is 47.8 Å². The Morgan fingerprint density at radius 3 is 1.93 bits per heavy atom. The smallest absolute Gasteiger partial charge is 0.306 e. The van der Waals surface area contributed by atoms with Gasteiger partial charge in [-0.2, -0.15) is 0 Å². The summed E-state index contributed by atoms with van der Waals surface area (Å²) in [6, 6.07) is 7.46. The third-order valence-electron chi connectivity index (χ3n) is 3.56. The van der Waals surface area contributed by atoms with Crippen molar-refractivity contribution in [3.63, 3.8) is 0 Å². The lowest BCUT2D eigenvalue weighted by Gasteiger charge is -2.02. The molecule has 0 bridgehead atoms. The van der Waals surface area contributed by atoms with Gasteiger partial charge in [0.25, 0.3) is 0 Å². The first-order valence-corrected chi connectivity index (χ1v) is 8.87. The molecule has 27 heavy (non-hydrogen) atoms. The van der Waals surface area contributed by atoms with Crippen molar-refractivity contribution < 1.29 is 24.1 Å². The summed E-state index contributed by atoms with van der Waals surface area (Å²) < 4.78 is 14.7. The van der Waals surface area contributed by atoms with Crippen LogP contribution >= 0.6 is 0 Å². The van der Waals surface area contributed by atoms with Crippen molar-refractivity contribution in [3.8, 4) is 11.8 Å². The average Bonchev–Trinajstić information content (AvgIpc) is 2.72. The minimum Gasteiger partial charge on any atom is -0.481 e. The molecule has 0 aliphatic rings. The van der Waals surface area contributed by atoms with E-state index in [1.807, 2.05) is 18.2 Å².